The largest absolute Gasteiger partial charge is 0.462 e. The predicted octanol–water partition coefficient (Wildman–Crippen LogP) is 18.7. The number of hydrogen-bond acceptors (Lipinski definition) is 6. The van der Waals surface area contributed by atoms with Crippen molar-refractivity contribution in [2.75, 3.05) is 13.2 Å². The number of ether oxygens (including phenoxy) is 3. The highest BCUT2D eigenvalue weighted by Gasteiger charge is 2.19. The van der Waals surface area contributed by atoms with Crippen LogP contribution in [0.25, 0.3) is 0 Å². The van der Waals surface area contributed by atoms with Gasteiger partial charge in [0, 0.05) is 19.3 Å². The van der Waals surface area contributed by atoms with Gasteiger partial charge in [-0.3, -0.25) is 14.4 Å². The third kappa shape index (κ3) is 48.3. The molecule has 0 aromatic carbocycles. The van der Waals surface area contributed by atoms with Crippen LogP contribution in [-0.4, -0.2) is 37.2 Å². The summed E-state index contributed by atoms with van der Waals surface area (Å²) in [5.74, 6) is 1.70. The lowest BCUT2D eigenvalue weighted by Crippen LogP contribution is -2.30. The van der Waals surface area contributed by atoms with Crippen LogP contribution in [0.2, 0.25) is 0 Å². The van der Waals surface area contributed by atoms with E-state index in [0.717, 1.165) is 75.5 Å². The number of carbonyl (C=O) groups excluding carboxylic acids is 3. The van der Waals surface area contributed by atoms with Crippen molar-refractivity contribution < 1.29 is 28.6 Å². The summed E-state index contributed by atoms with van der Waals surface area (Å²) in [5, 5.41) is 0. The monoisotopic (exact) mass is 905 g/mol. The Balaban J connectivity index is 4.22. The van der Waals surface area contributed by atoms with Gasteiger partial charge in [-0.15, -0.1) is 0 Å². The zero-order chi connectivity index (χ0) is 47.0. The van der Waals surface area contributed by atoms with Crippen LogP contribution < -0.4 is 0 Å². The Kier molecular flexibility index (Phi) is 48.1. The van der Waals surface area contributed by atoms with Crippen molar-refractivity contribution in [3.63, 3.8) is 0 Å². The molecule has 0 bridgehead atoms. The first-order valence-corrected chi connectivity index (χ1v) is 28.7. The average molecular weight is 906 g/mol. The van der Waals surface area contributed by atoms with Crippen LogP contribution in [0.5, 0.6) is 0 Å². The van der Waals surface area contributed by atoms with Gasteiger partial charge in [-0.1, -0.05) is 279 Å². The molecule has 0 aliphatic heterocycles. The molecule has 0 amide bonds. The highest BCUT2D eigenvalue weighted by atomic mass is 16.6. The fourth-order valence-electron chi connectivity index (χ4n) is 8.76. The molecule has 6 nitrogen and oxygen atoms in total. The van der Waals surface area contributed by atoms with Crippen LogP contribution in [0.4, 0.5) is 0 Å². The van der Waals surface area contributed by atoms with E-state index >= 15 is 0 Å². The van der Waals surface area contributed by atoms with Crippen molar-refractivity contribution in [3.05, 3.63) is 0 Å². The maximum Gasteiger partial charge on any atom is 0.306 e. The Morgan fingerprint density at radius 1 is 0.312 bits per heavy atom. The zero-order valence-electron chi connectivity index (χ0n) is 44.1. The van der Waals surface area contributed by atoms with Crippen molar-refractivity contribution >= 4 is 17.9 Å². The molecule has 380 valence electrons. The smallest absolute Gasteiger partial charge is 0.306 e. The molecule has 2 unspecified atom stereocenters. The first-order valence-electron chi connectivity index (χ1n) is 28.7. The lowest BCUT2D eigenvalue weighted by Gasteiger charge is -2.18. The maximum absolute atomic E-state index is 12.8. The van der Waals surface area contributed by atoms with E-state index in [9.17, 15) is 14.4 Å². The van der Waals surface area contributed by atoms with Crippen LogP contribution in [0, 0.1) is 17.8 Å². The van der Waals surface area contributed by atoms with Crippen molar-refractivity contribution in [2.24, 2.45) is 17.8 Å². The van der Waals surface area contributed by atoms with Gasteiger partial charge in [-0.25, -0.2) is 0 Å². The van der Waals surface area contributed by atoms with Gasteiger partial charge in [0.1, 0.15) is 13.2 Å². The van der Waals surface area contributed by atoms with Crippen LogP contribution in [0.15, 0.2) is 0 Å². The van der Waals surface area contributed by atoms with Gasteiger partial charge in [0.05, 0.1) is 0 Å². The van der Waals surface area contributed by atoms with E-state index in [1.807, 2.05) is 0 Å². The summed E-state index contributed by atoms with van der Waals surface area (Å²) in [5.41, 5.74) is 0. The first kappa shape index (κ1) is 62.4. The van der Waals surface area contributed by atoms with Gasteiger partial charge in [0.25, 0.3) is 0 Å². The molecule has 0 saturated carbocycles. The molecule has 0 fully saturated rings. The molecule has 0 heterocycles. The number of unbranched alkanes of at least 4 members (excludes halogenated alkanes) is 32. The minimum Gasteiger partial charge on any atom is -0.462 e. The Hall–Kier alpha value is -1.59. The number of esters is 3. The molecule has 0 aromatic heterocycles. The Bertz CT molecular complexity index is 995. The van der Waals surface area contributed by atoms with Gasteiger partial charge in [-0.2, -0.15) is 0 Å². The van der Waals surface area contributed by atoms with E-state index < -0.39 is 6.10 Å². The second kappa shape index (κ2) is 49.3. The zero-order valence-corrected chi connectivity index (χ0v) is 44.1. The highest BCUT2D eigenvalue weighted by molar-refractivity contribution is 5.71. The summed E-state index contributed by atoms with van der Waals surface area (Å²) >= 11 is 0. The molecule has 64 heavy (non-hydrogen) atoms. The Labute approximate surface area is 399 Å². The minimum atomic E-state index is -0.764. The molecule has 0 aliphatic rings. The van der Waals surface area contributed by atoms with E-state index in [2.05, 4.69) is 41.5 Å². The van der Waals surface area contributed by atoms with E-state index in [0.29, 0.717) is 19.3 Å². The molecule has 3 atom stereocenters. The summed E-state index contributed by atoms with van der Waals surface area (Å²) in [7, 11) is 0. The number of hydrogen-bond donors (Lipinski definition) is 0. The van der Waals surface area contributed by atoms with E-state index in [4.69, 9.17) is 14.2 Å². The lowest BCUT2D eigenvalue weighted by atomic mass is 9.99. The third-order valence-corrected chi connectivity index (χ3v) is 13.9. The molecule has 0 saturated heterocycles. The molecule has 0 N–H and O–H groups in total. The van der Waals surface area contributed by atoms with Crippen LogP contribution in [0.1, 0.15) is 318 Å². The molecule has 0 aliphatic carbocycles. The summed E-state index contributed by atoms with van der Waals surface area (Å²) in [6, 6.07) is 0. The van der Waals surface area contributed by atoms with Crippen molar-refractivity contribution in [3.8, 4) is 0 Å². The summed E-state index contributed by atoms with van der Waals surface area (Å²) in [6.07, 6.45) is 51.0. The first-order chi connectivity index (χ1) is 31.2. The van der Waals surface area contributed by atoms with Gasteiger partial charge in [0.2, 0.25) is 0 Å². The number of carbonyl (C=O) groups is 3. The average Bonchev–Trinajstić information content (AvgIpc) is 3.28. The fraction of sp³-hybridized carbons (Fsp3) is 0.948. The van der Waals surface area contributed by atoms with Crippen LogP contribution in [0.3, 0.4) is 0 Å². The topological polar surface area (TPSA) is 78.9 Å². The van der Waals surface area contributed by atoms with E-state index in [1.54, 1.807) is 0 Å². The van der Waals surface area contributed by atoms with E-state index in [-0.39, 0.29) is 31.1 Å². The number of rotatable bonds is 51. The molecule has 0 rings (SSSR count). The van der Waals surface area contributed by atoms with Gasteiger partial charge < -0.3 is 14.2 Å². The fourth-order valence-corrected chi connectivity index (χ4v) is 8.76. The highest BCUT2D eigenvalue weighted by Crippen LogP contribution is 2.19. The van der Waals surface area contributed by atoms with Gasteiger partial charge >= 0.3 is 17.9 Å². The standard InChI is InChI=1S/C58H112O6/c1-7-53(5)45-39-33-27-23-19-15-13-11-9-10-12-14-16-20-25-29-37-43-49-58(61)64-55(51-63-57(60)48-42-36-31-30-34-40-46-54(6)8-2)50-62-56(59)47-41-35-28-24-21-17-18-22-26-32-38-44-52(3)4/h52-55H,7-51H2,1-6H3/t53?,54?,55-/m1/s1. The Morgan fingerprint density at radius 2 is 0.547 bits per heavy atom. The van der Waals surface area contributed by atoms with Crippen LogP contribution in [-0.2, 0) is 28.6 Å². The summed E-state index contributed by atoms with van der Waals surface area (Å²) in [6.45, 7) is 13.8. The minimum absolute atomic E-state index is 0.0647. The molecule has 0 radical (unpaired) electrons. The van der Waals surface area contributed by atoms with Crippen molar-refractivity contribution in [1.29, 1.82) is 0 Å². The molecule has 0 aromatic rings. The SMILES string of the molecule is CCC(C)CCCCCCCCCCCCCCCCCCCCC(=O)O[C@H](COC(=O)CCCCCCCCCCCCCC(C)C)COC(=O)CCCCCCCCC(C)CC. The molecule has 0 spiro atoms. The Morgan fingerprint density at radius 3 is 0.812 bits per heavy atom. The van der Waals surface area contributed by atoms with Crippen molar-refractivity contribution in [1.82, 2.24) is 0 Å². The lowest BCUT2D eigenvalue weighted by molar-refractivity contribution is -0.167. The van der Waals surface area contributed by atoms with Gasteiger partial charge in [-0.05, 0) is 37.0 Å². The van der Waals surface area contributed by atoms with Gasteiger partial charge in [0.15, 0.2) is 6.10 Å². The molecule has 6 heteroatoms. The molecular formula is C58H112O6. The third-order valence-electron chi connectivity index (χ3n) is 13.9. The molecular weight excluding hydrogens is 793 g/mol. The predicted molar refractivity (Wildman–Crippen MR) is 275 cm³/mol. The summed E-state index contributed by atoms with van der Waals surface area (Å²) in [4.78, 5) is 38.0. The quantitative estimate of drug-likeness (QED) is 0.0344. The second-order valence-corrected chi connectivity index (χ2v) is 20.9. The van der Waals surface area contributed by atoms with Crippen LogP contribution >= 0.6 is 0 Å². The van der Waals surface area contributed by atoms with Crippen molar-refractivity contribution in [2.45, 2.75) is 324 Å². The normalized spacial score (nSPS) is 13.0. The second-order valence-electron chi connectivity index (χ2n) is 20.9. The summed E-state index contributed by atoms with van der Waals surface area (Å²) < 4.78 is 16.9. The maximum atomic E-state index is 12.8. The van der Waals surface area contributed by atoms with E-state index in [1.165, 1.54) is 199 Å².